The van der Waals surface area contributed by atoms with Crippen molar-refractivity contribution >= 4 is 23.3 Å². The number of carbonyl (C=O) groups excluding carboxylic acids is 2. The van der Waals surface area contributed by atoms with Crippen molar-refractivity contribution in [2.75, 3.05) is 44.0 Å². The van der Waals surface area contributed by atoms with E-state index in [0.717, 1.165) is 25.8 Å². The van der Waals surface area contributed by atoms with E-state index in [1.54, 1.807) is 36.9 Å². The number of amides is 3. The largest absolute Gasteiger partial charge is 0.490 e. The SMILES string of the molecule is Cc1noc(C)c1NC(=O)Nc1ccc2c(c1)C(=O)N([C@H](C)CO)C[C@H](C)[C@H](CN(C)Cc1ccccc1)OCCCC[C@@H](C)O2. The minimum Gasteiger partial charge on any atom is -0.490 e. The molecule has 0 bridgehead atoms. The Kier molecular flexibility index (Phi) is 12.6. The number of hydrogen-bond acceptors (Lipinski definition) is 8. The molecule has 0 unspecified atom stereocenters. The monoisotopic (exact) mass is 635 g/mol. The number of ether oxygens (including phenoxy) is 2. The number of aromatic nitrogens is 1. The van der Waals surface area contributed by atoms with Gasteiger partial charge >= 0.3 is 6.03 Å². The van der Waals surface area contributed by atoms with Crippen molar-refractivity contribution in [3.05, 3.63) is 71.1 Å². The number of aryl methyl sites for hydroxylation is 2. The molecule has 2 aromatic carbocycles. The van der Waals surface area contributed by atoms with E-state index in [0.29, 0.717) is 53.8 Å². The summed E-state index contributed by atoms with van der Waals surface area (Å²) in [5.41, 5.74) is 3.00. The van der Waals surface area contributed by atoms with Crippen LogP contribution >= 0.6 is 0 Å². The van der Waals surface area contributed by atoms with E-state index < -0.39 is 12.1 Å². The number of likely N-dealkylation sites (N-methyl/N-ethyl adjacent to an activating group) is 1. The smallest absolute Gasteiger partial charge is 0.323 e. The molecule has 0 saturated carbocycles. The molecule has 250 valence electrons. The van der Waals surface area contributed by atoms with Gasteiger partial charge in [-0.25, -0.2) is 4.79 Å². The van der Waals surface area contributed by atoms with Crippen molar-refractivity contribution in [3.8, 4) is 5.75 Å². The first-order valence-corrected chi connectivity index (χ1v) is 16.1. The van der Waals surface area contributed by atoms with E-state index in [1.165, 1.54) is 5.56 Å². The first-order valence-electron chi connectivity index (χ1n) is 16.1. The summed E-state index contributed by atoms with van der Waals surface area (Å²) in [7, 11) is 2.08. The molecular weight excluding hydrogens is 586 g/mol. The standard InChI is InChI=1S/C35H49N5O6/c1-23-19-40(24(2)22-41)34(42)30-18-29(36-35(43)37-33-26(4)38-46-27(33)5)15-16-31(30)45-25(3)12-10-11-17-44-32(23)21-39(6)20-28-13-8-7-9-14-28/h7-9,13-16,18,23-25,32,41H,10-12,17,19-22H2,1-6H3,(H2,36,37,43)/t23-,24+,25+,32-/m0/s1. The van der Waals surface area contributed by atoms with E-state index in [-0.39, 0.29) is 30.6 Å². The number of benzene rings is 2. The highest BCUT2D eigenvalue weighted by molar-refractivity contribution is 6.03. The second-order valence-corrected chi connectivity index (χ2v) is 12.5. The lowest BCUT2D eigenvalue weighted by molar-refractivity contribution is -0.0177. The highest BCUT2D eigenvalue weighted by Gasteiger charge is 2.30. The minimum atomic E-state index is -0.495. The zero-order valence-corrected chi connectivity index (χ0v) is 27.9. The van der Waals surface area contributed by atoms with Crippen LogP contribution in [0.4, 0.5) is 16.2 Å². The fraction of sp³-hybridized carbons (Fsp3) is 0.514. The number of urea groups is 1. The predicted molar refractivity (Wildman–Crippen MR) is 178 cm³/mol. The van der Waals surface area contributed by atoms with Crippen LogP contribution in [0.1, 0.15) is 67.4 Å². The van der Waals surface area contributed by atoms with Crippen molar-refractivity contribution in [1.82, 2.24) is 15.0 Å². The van der Waals surface area contributed by atoms with Crippen LogP contribution in [0.3, 0.4) is 0 Å². The van der Waals surface area contributed by atoms with Crippen molar-refractivity contribution in [2.24, 2.45) is 5.92 Å². The summed E-state index contributed by atoms with van der Waals surface area (Å²) in [4.78, 5) is 31.2. The van der Waals surface area contributed by atoms with Crippen LogP contribution in [0.5, 0.6) is 5.75 Å². The highest BCUT2D eigenvalue weighted by atomic mass is 16.5. The molecular formula is C35H49N5O6. The van der Waals surface area contributed by atoms with Crippen molar-refractivity contribution in [2.45, 2.75) is 78.7 Å². The summed E-state index contributed by atoms with van der Waals surface area (Å²) in [6.45, 7) is 11.6. The number of carbonyl (C=O) groups is 2. The van der Waals surface area contributed by atoms with Gasteiger partial charge in [0, 0.05) is 37.8 Å². The van der Waals surface area contributed by atoms with Gasteiger partial charge < -0.3 is 34.6 Å². The Bertz CT molecular complexity index is 1410. The van der Waals surface area contributed by atoms with Crippen molar-refractivity contribution < 1.29 is 28.7 Å². The third-order valence-corrected chi connectivity index (χ3v) is 8.37. The molecule has 1 aromatic heterocycles. The summed E-state index contributed by atoms with van der Waals surface area (Å²) >= 11 is 0. The molecule has 4 atom stereocenters. The number of anilines is 2. The summed E-state index contributed by atoms with van der Waals surface area (Å²) in [5.74, 6) is 0.596. The Labute approximate surface area is 272 Å². The molecule has 2 heterocycles. The van der Waals surface area contributed by atoms with Gasteiger partial charge in [-0.2, -0.15) is 0 Å². The molecule has 11 nitrogen and oxygen atoms in total. The molecule has 0 spiro atoms. The van der Waals surface area contributed by atoms with E-state index in [1.807, 2.05) is 32.0 Å². The zero-order valence-electron chi connectivity index (χ0n) is 27.9. The number of aliphatic hydroxyl groups excluding tert-OH is 1. The Morgan fingerprint density at radius 1 is 1.13 bits per heavy atom. The molecule has 0 saturated heterocycles. The van der Waals surface area contributed by atoms with Crippen molar-refractivity contribution in [3.63, 3.8) is 0 Å². The molecule has 11 heteroatoms. The van der Waals surface area contributed by atoms with Gasteiger partial charge in [0.05, 0.1) is 30.4 Å². The van der Waals surface area contributed by atoms with Crippen LogP contribution in [-0.4, -0.2) is 83.6 Å². The second kappa shape index (κ2) is 16.6. The number of fused-ring (bicyclic) bond motifs is 1. The minimum absolute atomic E-state index is 0.0375. The van der Waals surface area contributed by atoms with Gasteiger partial charge in [-0.05, 0) is 77.8 Å². The Hall–Kier alpha value is -3.93. The molecule has 1 aliphatic rings. The number of nitrogens with one attached hydrogen (secondary N) is 2. The quantitative estimate of drug-likeness (QED) is 0.281. The van der Waals surface area contributed by atoms with Crippen molar-refractivity contribution in [1.29, 1.82) is 0 Å². The first-order chi connectivity index (χ1) is 22.0. The number of rotatable bonds is 8. The average Bonchev–Trinajstić information content (AvgIpc) is 3.34. The molecule has 46 heavy (non-hydrogen) atoms. The summed E-state index contributed by atoms with van der Waals surface area (Å²) < 4.78 is 17.9. The topological polar surface area (TPSA) is 129 Å². The van der Waals surface area contributed by atoms with Gasteiger partial charge in [-0.3, -0.25) is 9.69 Å². The molecule has 1 aliphatic heterocycles. The Morgan fingerprint density at radius 2 is 1.89 bits per heavy atom. The molecule has 0 fully saturated rings. The molecule has 3 N–H and O–H groups in total. The van der Waals surface area contributed by atoms with Crippen LogP contribution in [0.15, 0.2) is 53.1 Å². The third-order valence-electron chi connectivity index (χ3n) is 8.37. The normalized spacial score (nSPS) is 20.4. The van der Waals surface area contributed by atoms with Crippen LogP contribution < -0.4 is 15.4 Å². The lowest BCUT2D eigenvalue weighted by Crippen LogP contribution is -2.47. The predicted octanol–water partition coefficient (Wildman–Crippen LogP) is 5.86. The van der Waals surface area contributed by atoms with E-state index in [4.69, 9.17) is 14.0 Å². The lowest BCUT2D eigenvalue weighted by atomic mass is 10.0. The molecule has 3 aromatic rings. The van der Waals surface area contributed by atoms with E-state index in [9.17, 15) is 14.7 Å². The van der Waals surface area contributed by atoms with E-state index >= 15 is 0 Å². The van der Waals surface area contributed by atoms with Gasteiger partial charge in [-0.1, -0.05) is 42.4 Å². The molecule has 0 radical (unpaired) electrons. The Balaban J connectivity index is 1.60. The molecule has 3 amide bonds. The summed E-state index contributed by atoms with van der Waals surface area (Å²) in [5, 5.41) is 19.7. The fourth-order valence-corrected chi connectivity index (χ4v) is 5.67. The van der Waals surface area contributed by atoms with Crippen LogP contribution in [0, 0.1) is 19.8 Å². The number of nitrogens with zero attached hydrogens (tertiary/aromatic N) is 3. The van der Waals surface area contributed by atoms with Gasteiger partial charge in [0.25, 0.3) is 5.91 Å². The maximum absolute atomic E-state index is 14.3. The fourth-order valence-electron chi connectivity index (χ4n) is 5.67. The first kappa shape index (κ1) is 34.9. The second-order valence-electron chi connectivity index (χ2n) is 12.5. The van der Waals surface area contributed by atoms with Crippen LogP contribution in [0.2, 0.25) is 0 Å². The Morgan fingerprint density at radius 3 is 2.59 bits per heavy atom. The zero-order chi connectivity index (χ0) is 33.2. The van der Waals surface area contributed by atoms with Gasteiger partial charge in [0.2, 0.25) is 0 Å². The third kappa shape index (κ3) is 9.54. The van der Waals surface area contributed by atoms with Crippen LogP contribution in [0.25, 0.3) is 0 Å². The highest BCUT2D eigenvalue weighted by Crippen LogP contribution is 2.29. The lowest BCUT2D eigenvalue weighted by Gasteiger charge is -2.36. The van der Waals surface area contributed by atoms with Gasteiger partial charge in [0.1, 0.15) is 17.1 Å². The summed E-state index contributed by atoms with van der Waals surface area (Å²) in [6, 6.07) is 14.4. The maximum atomic E-state index is 14.3. The molecule has 0 aliphatic carbocycles. The molecule has 4 rings (SSSR count). The maximum Gasteiger partial charge on any atom is 0.323 e. The van der Waals surface area contributed by atoms with E-state index in [2.05, 4.69) is 46.8 Å². The number of aliphatic hydroxyl groups is 1. The number of hydrogen-bond donors (Lipinski definition) is 3. The van der Waals surface area contributed by atoms with Gasteiger partial charge in [-0.15, -0.1) is 0 Å². The van der Waals surface area contributed by atoms with Crippen LogP contribution in [-0.2, 0) is 11.3 Å². The average molecular weight is 636 g/mol. The summed E-state index contributed by atoms with van der Waals surface area (Å²) in [6.07, 6.45) is 2.33. The van der Waals surface area contributed by atoms with Gasteiger partial charge in [0.15, 0.2) is 5.76 Å².